The van der Waals surface area contributed by atoms with Crippen molar-refractivity contribution >= 4 is 26.8 Å². The third-order valence-corrected chi connectivity index (χ3v) is 10.4. The van der Waals surface area contributed by atoms with Gasteiger partial charge in [0.1, 0.15) is 0 Å². The van der Waals surface area contributed by atoms with Crippen molar-refractivity contribution in [2.45, 2.75) is 64.5 Å². The largest absolute Gasteiger partial charge is 0.366 e. The number of H-pyrrole nitrogens is 1. The number of carbonyl (C=O) groups is 1. The van der Waals surface area contributed by atoms with Gasteiger partial charge in [-0.05, 0) is 98.1 Å². The third kappa shape index (κ3) is 6.60. The zero-order valence-corrected chi connectivity index (χ0v) is 24.6. The summed E-state index contributed by atoms with van der Waals surface area (Å²) in [6, 6.07) is 12.8. The number of aromatic amines is 1. The summed E-state index contributed by atoms with van der Waals surface area (Å²) in [5, 5.41) is 4.45. The molecule has 2 fully saturated rings. The second kappa shape index (κ2) is 12.4. The Morgan fingerprint density at radius 2 is 1.82 bits per heavy atom. The van der Waals surface area contributed by atoms with E-state index in [1.165, 1.54) is 18.4 Å². The molecule has 4 N–H and O–H groups in total. The highest BCUT2D eigenvalue weighted by Crippen LogP contribution is 2.37. The molecule has 0 unspecified atom stereocenters. The molecule has 9 heteroatoms. The Hall–Kier alpha value is -2.72. The van der Waals surface area contributed by atoms with Crippen LogP contribution in [0.5, 0.6) is 0 Å². The number of nitrogens with zero attached hydrogens (tertiary/aromatic N) is 2. The number of hydrogen-bond acceptors (Lipinski definition) is 5. The predicted molar refractivity (Wildman–Crippen MR) is 162 cm³/mol. The Morgan fingerprint density at radius 3 is 2.52 bits per heavy atom. The van der Waals surface area contributed by atoms with Crippen molar-refractivity contribution in [3.8, 4) is 11.1 Å². The lowest BCUT2D eigenvalue weighted by molar-refractivity contribution is 0.100. The Labute approximate surface area is 238 Å². The molecule has 1 amide bonds. The predicted octanol–water partition coefficient (Wildman–Crippen LogP) is 4.43. The Kier molecular flexibility index (Phi) is 8.95. The van der Waals surface area contributed by atoms with Crippen molar-refractivity contribution in [2.75, 3.05) is 38.5 Å². The minimum absolute atomic E-state index is 0.211. The van der Waals surface area contributed by atoms with E-state index in [1.54, 1.807) is 4.31 Å². The Morgan fingerprint density at radius 1 is 1.07 bits per heavy atom. The fraction of sp³-hybridized carbons (Fsp3) is 0.516. The van der Waals surface area contributed by atoms with E-state index in [0.717, 1.165) is 66.6 Å². The summed E-state index contributed by atoms with van der Waals surface area (Å²) in [4.78, 5) is 18.1. The van der Waals surface area contributed by atoms with Crippen LogP contribution in [0, 0.1) is 0 Å². The number of rotatable bonds is 11. The molecule has 40 heavy (non-hydrogen) atoms. The van der Waals surface area contributed by atoms with Crippen molar-refractivity contribution < 1.29 is 13.2 Å². The summed E-state index contributed by atoms with van der Waals surface area (Å²) in [5.74, 6) is -0.0340. The molecule has 3 heterocycles. The number of hydrogen-bond donors (Lipinski definition) is 3. The van der Waals surface area contributed by atoms with Crippen LogP contribution in [0.4, 0.5) is 0 Å². The van der Waals surface area contributed by atoms with Crippen LogP contribution in [0.25, 0.3) is 22.0 Å². The van der Waals surface area contributed by atoms with Gasteiger partial charge in [0, 0.05) is 37.3 Å². The summed E-state index contributed by atoms with van der Waals surface area (Å²) >= 11 is 0. The first-order valence-electron chi connectivity index (χ1n) is 14.7. The average molecular weight is 566 g/mol. The van der Waals surface area contributed by atoms with Crippen LogP contribution in [0.2, 0.25) is 0 Å². The minimum atomic E-state index is -3.25. The molecule has 0 bridgehead atoms. The maximum Gasteiger partial charge on any atom is 0.250 e. The second-order valence-electron chi connectivity index (χ2n) is 11.7. The van der Waals surface area contributed by atoms with Gasteiger partial charge in [0.05, 0.1) is 16.8 Å². The highest BCUT2D eigenvalue weighted by atomic mass is 32.2. The molecule has 216 valence electrons. The van der Waals surface area contributed by atoms with E-state index >= 15 is 0 Å². The number of carbonyl (C=O) groups excluding carboxylic acids is 1. The van der Waals surface area contributed by atoms with Crippen molar-refractivity contribution in [1.29, 1.82) is 0 Å². The van der Waals surface area contributed by atoms with Gasteiger partial charge in [-0.2, -0.15) is 0 Å². The Bertz CT molecular complexity index is 1430. The maximum absolute atomic E-state index is 13.0. The van der Waals surface area contributed by atoms with E-state index in [-0.39, 0.29) is 11.7 Å². The number of amides is 1. The fourth-order valence-electron chi connectivity index (χ4n) is 6.19. The van der Waals surface area contributed by atoms with Crippen LogP contribution in [0.15, 0.2) is 42.6 Å². The summed E-state index contributed by atoms with van der Waals surface area (Å²) in [7, 11) is -3.25. The number of sulfonamides is 1. The highest BCUT2D eigenvalue weighted by Gasteiger charge is 2.30. The molecule has 2 aliphatic heterocycles. The number of nitrogens with one attached hydrogen (secondary N) is 2. The molecule has 2 saturated heterocycles. The highest BCUT2D eigenvalue weighted by molar-refractivity contribution is 7.89. The number of benzene rings is 2. The topological polar surface area (TPSA) is 112 Å². The molecular weight excluding hydrogens is 522 g/mol. The first kappa shape index (κ1) is 28.8. The zero-order chi connectivity index (χ0) is 28.3. The van der Waals surface area contributed by atoms with E-state index in [4.69, 9.17) is 5.73 Å². The van der Waals surface area contributed by atoms with Gasteiger partial charge < -0.3 is 20.9 Å². The molecule has 0 saturated carbocycles. The monoisotopic (exact) mass is 565 g/mol. The van der Waals surface area contributed by atoms with E-state index in [9.17, 15) is 13.2 Å². The van der Waals surface area contributed by atoms with Gasteiger partial charge >= 0.3 is 0 Å². The van der Waals surface area contributed by atoms with Gasteiger partial charge in [-0.15, -0.1) is 0 Å². The molecule has 8 nitrogen and oxygen atoms in total. The van der Waals surface area contributed by atoms with Crippen LogP contribution in [-0.4, -0.2) is 73.0 Å². The molecule has 0 aliphatic carbocycles. The molecule has 1 aromatic heterocycles. The normalized spacial score (nSPS) is 17.8. The van der Waals surface area contributed by atoms with Crippen molar-refractivity contribution in [2.24, 2.45) is 5.73 Å². The lowest BCUT2D eigenvalue weighted by atomic mass is 9.88. The number of aromatic nitrogens is 1. The quantitative estimate of drug-likeness (QED) is 0.319. The fourth-order valence-corrected chi connectivity index (χ4v) is 7.70. The summed E-state index contributed by atoms with van der Waals surface area (Å²) in [5.41, 5.74) is 11.3. The molecule has 2 aromatic carbocycles. The molecule has 0 radical (unpaired) electrons. The first-order valence-corrected chi connectivity index (χ1v) is 16.3. The van der Waals surface area contributed by atoms with Gasteiger partial charge in [0.2, 0.25) is 10.0 Å². The van der Waals surface area contributed by atoms with Gasteiger partial charge in [-0.3, -0.25) is 4.79 Å². The van der Waals surface area contributed by atoms with Gasteiger partial charge in [-0.1, -0.05) is 32.0 Å². The summed E-state index contributed by atoms with van der Waals surface area (Å²) in [6.07, 6.45) is 6.62. The van der Waals surface area contributed by atoms with Crippen LogP contribution in [-0.2, 0) is 16.6 Å². The summed E-state index contributed by atoms with van der Waals surface area (Å²) < 4.78 is 27.8. The van der Waals surface area contributed by atoms with Crippen molar-refractivity contribution in [3.05, 3.63) is 59.3 Å². The maximum atomic E-state index is 13.0. The van der Waals surface area contributed by atoms with Crippen LogP contribution < -0.4 is 11.1 Å². The molecule has 0 atom stereocenters. The standard InChI is InChI=1S/C31H43N5O3S/c1-22(2)33-20-23-7-5-8-25(17-23)26-18-27-29(21-34-30(27)28(19-26)31(32)37)24-9-14-36(15-10-24)40(38,39)16-6-13-35-11-3-4-12-35/h5,7-8,17-19,21-22,24,33-34H,3-4,6,9-16,20H2,1-2H3,(H2,32,37). The number of likely N-dealkylation sites (tertiary alicyclic amines) is 1. The van der Waals surface area contributed by atoms with Crippen LogP contribution >= 0.6 is 0 Å². The average Bonchev–Trinajstić information content (AvgIpc) is 3.61. The van der Waals surface area contributed by atoms with Crippen molar-refractivity contribution in [1.82, 2.24) is 19.5 Å². The van der Waals surface area contributed by atoms with Gasteiger partial charge in [-0.25, -0.2) is 12.7 Å². The smallest absolute Gasteiger partial charge is 0.250 e. The number of primary amides is 1. The van der Waals surface area contributed by atoms with E-state index < -0.39 is 15.9 Å². The molecule has 2 aliphatic rings. The van der Waals surface area contributed by atoms with Crippen LogP contribution in [0.1, 0.15) is 73.4 Å². The summed E-state index contributed by atoms with van der Waals surface area (Å²) in [6.45, 7) is 9.12. The van der Waals surface area contributed by atoms with E-state index in [2.05, 4.69) is 53.3 Å². The molecule has 5 rings (SSSR count). The van der Waals surface area contributed by atoms with Gasteiger partial charge in [0.15, 0.2) is 0 Å². The van der Waals surface area contributed by atoms with Crippen LogP contribution in [0.3, 0.4) is 0 Å². The zero-order valence-electron chi connectivity index (χ0n) is 23.8. The molecule has 3 aromatic rings. The minimum Gasteiger partial charge on any atom is -0.366 e. The lowest BCUT2D eigenvalue weighted by Gasteiger charge is -2.31. The number of piperidine rings is 1. The Balaban J connectivity index is 1.33. The van der Waals surface area contributed by atoms with Gasteiger partial charge in [0.25, 0.3) is 5.91 Å². The number of nitrogens with two attached hydrogens (primary N) is 1. The van der Waals surface area contributed by atoms with Crippen molar-refractivity contribution in [3.63, 3.8) is 0 Å². The van der Waals surface area contributed by atoms with E-state index in [1.807, 2.05) is 18.3 Å². The number of fused-ring (bicyclic) bond motifs is 1. The SMILES string of the molecule is CC(C)NCc1cccc(-c2cc(C(N)=O)c3[nH]cc(C4CCN(S(=O)(=O)CCCN5CCCC5)CC4)c3c2)c1. The van der Waals surface area contributed by atoms with E-state index in [0.29, 0.717) is 31.1 Å². The molecular formula is C31H43N5O3S. The lowest BCUT2D eigenvalue weighted by Crippen LogP contribution is -2.39. The molecule has 0 spiro atoms. The third-order valence-electron chi connectivity index (χ3n) is 8.42. The second-order valence-corrected chi connectivity index (χ2v) is 13.8. The first-order chi connectivity index (χ1) is 19.2.